The first-order valence-electron chi connectivity index (χ1n) is 36.9. The van der Waals surface area contributed by atoms with Crippen LogP contribution < -0.4 is 0 Å². The highest BCUT2D eigenvalue weighted by Gasteiger charge is 2.25. The second kappa shape index (κ2) is 29.8. The molecule has 0 radical (unpaired) electrons. The summed E-state index contributed by atoms with van der Waals surface area (Å²) in [6, 6.07) is 42.5. The van der Waals surface area contributed by atoms with Gasteiger partial charge in [0.15, 0.2) is 0 Å². The van der Waals surface area contributed by atoms with Gasteiger partial charge in [-0.3, -0.25) is 0 Å². The SMILES string of the molecule is Cc1cc(C)c(-c2cc3c(C)c4sc(-c5sc(C)cc5C)cc4c(C)c3s2)s1.Cc1cc(C)c(-c2cc3c(C)c4sc(-c5sc(C)cc5C)cc4c(C)c3s2)s1.Cc1cc(C)c(-c2cc3c(C)c4sc(-c5sc(C)cc5C)cc4c(C)c3s2)s1.Cc1cc(C)c(-c2cc3cc4sc(-c5sc(C)cc5C)cc4cc3s2)s1. The molecule has 0 unspecified atom stereocenters. The van der Waals surface area contributed by atoms with Crippen molar-refractivity contribution in [1.29, 1.82) is 0 Å². The van der Waals surface area contributed by atoms with Crippen LogP contribution in [0.3, 0.4) is 0 Å². The molecule has 0 fully saturated rings. The summed E-state index contributed by atoms with van der Waals surface area (Å²) < 4.78 is 11.5. The van der Waals surface area contributed by atoms with Gasteiger partial charge in [0.05, 0.1) is 0 Å². The Morgan fingerprint density at radius 3 is 0.427 bits per heavy atom. The van der Waals surface area contributed by atoms with E-state index in [9.17, 15) is 0 Å². The van der Waals surface area contributed by atoms with Gasteiger partial charge in [0.1, 0.15) is 0 Å². The zero-order chi connectivity index (χ0) is 77.2. The second-order valence-corrected chi connectivity index (χ2v) is 48.5. The molecule has 0 bridgehead atoms. The van der Waals surface area contributed by atoms with E-state index in [1.807, 2.05) is 181 Å². The minimum absolute atomic E-state index is 1.37. The lowest BCUT2D eigenvalue weighted by atomic mass is 10.0. The predicted octanol–water partition coefficient (Wildman–Crippen LogP) is 37.1. The standard InChI is InChI=1S/3C24H22S4.C22H18S4/c3*1-11-7-13(3)25-21(11)19-9-17-15(5)24-18(16(6)23(17)27-19)10-20(28-24)22-12(2)8-14(4)26-22;1-11-5-13(3)23-21(11)19-9-15-7-18-16(8-17(15)25-19)10-20(26-18)22-12(2)6-14(4)24-22/h3*7-10H,1-6H3;5-10H,1-4H3. The van der Waals surface area contributed by atoms with Crippen molar-refractivity contribution in [2.24, 2.45) is 0 Å². The van der Waals surface area contributed by atoms with Gasteiger partial charge in [0.25, 0.3) is 0 Å². The van der Waals surface area contributed by atoms with Gasteiger partial charge in [-0.2, -0.15) is 0 Å². The molecule has 0 aliphatic carbocycles. The third-order valence-corrected chi connectivity index (χ3v) is 41.5. The number of hydrogen-bond acceptors (Lipinski definition) is 16. The Balaban J connectivity index is 0.000000107. The highest BCUT2D eigenvalue weighted by molar-refractivity contribution is 7.31. The largest absolute Gasteiger partial charge is 0.139 e. The Bertz CT molecular complexity index is 5920. The first-order chi connectivity index (χ1) is 52.5. The minimum atomic E-state index is 1.37. The van der Waals surface area contributed by atoms with Gasteiger partial charge in [0.2, 0.25) is 0 Å². The summed E-state index contributed by atoms with van der Waals surface area (Å²) in [5, 5.41) is 11.3. The first-order valence-corrected chi connectivity index (χ1v) is 50.0. The molecule has 16 heteroatoms. The third kappa shape index (κ3) is 13.9. The van der Waals surface area contributed by atoms with E-state index in [-0.39, 0.29) is 0 Å². The molecule has 0 aliphatic rings. The number of fused-ring (bicyclic) bond motifs is 8. The fraction of sp³-hybridized carbons (Fsp3) is 0.234. The lowest BCUT2D eigenvalue weighted by Gasteiger charge is -2.03. The monoisotopic (exact) mass is 1720 g/mol. The van der Waals surface area contributed by atoms with Gasteiger partial charge < -0.3 is 0 Å². The van der Waals surface area contributed by atoms with Crippen molar-refractivity contribution in [2.75, 3.05) is 0 Å². The molecule has 16 heterocycles. The molecular weight excluding hydrogens is 1640 g/mol. The Morgan fingerprint density at radius 2 is 0.291 bits per heavy atom. The van der Waals surface area contributed by atoms with E-state index in [2.05, 4.69) is 262 Å². The van der Waals surface area contributed by atoms with Crippen molar-refractivity contribution in [2.45, 2.75) is 152 Å². The van der Waals surface area contributed by atoms with Crippen LogP contribution in [0.5, 0.6) is 0 Å². The zero-order valence-electron chi connectivity index (χ0n) is 65.9. The number of aryl methyl sites for hydroxylation is 22. The highest BCUT2D eigenvalue weighted by atomic mass is 32.2. The van der Waals surface area contributed by atoms with Crippen molar-refractivity contribution in [3.63, 3.8) is 0 Å². The van der Waals surface area contributed by atoms with Crippen LogP contribution in [-0.4, -0.2) is 0 Å². The van der Waals surface area contributed by atoms with Crippen LogP contribution in [0, 0.1) is 152 Å². The maximum absolute atomic E-state index is 2.43. The van der Waals surface area contributed by atoms with E-state index in [1.165, 1.54) is 276 Å². The number of rotatable bonds is 8. The van der Waals surface area contributed by atoms with Crippen LogP contribution in [0.2, 0.25) is 0 Å². The molecule has 0 atom stereocenters. The van der Waals surface area contributed by atoms with E-state index in [0.29, 0.717) is 0 Å². The second-order valence-electron chi connectivity index (χ2n) is 30.0. The van der Waals surface area contributed by atoms with Gasteiger partial charge >= 0.3 is 0 Å². The van der Waals surface area contributed by atoms with Crippen molar-refractivity contribution in [1.82, 2.24) is 0 Å². The average molecular weight is 1730 g/mol. The summed E-state index contributed by atoms with van der Waals surface area (Å²) >= 11 is 31.0. The van der Waals surface area contributed by atoms with Crippen molar-refractivity contribution in [3.05, 3.63) is 226 Å². The van der Waals surface area contributed by atoms with Crippen molar-refractivity contribution in [3.8, 4) is 78.0 Å². The molecule has 20 aromatic rings. The van der Waals surface area contributed by atoms with Crippen LogP contribution in [0.4, 0.5) is 0 Å². The summed E-state index contributed by atoms with van der Waals surface area (Å²) in [5.74, 6) is 0. The molecule has 4 aromatic carbocycles. The van der Waals surface area contributed by atoms with Crippen LogP contribution in [0.25, 0.3) is 159 Å². The maximum atomic E-state index is 2.43. The molecule has 20 rings (SSSR count). The highest BCUT2D eigenvalue weighted by Crippen LogP contribution is 2.54. The number of thiophene rings is 16. The summed E-state index contributed by atoms with van der Waals surface area (Å²) in [7, 11) is 0. The molecule has 0 saturated heterocycles. The fourth-order valence-electron chi connectivity index (χ4n) is 16.0. The lowest BCUT2D eigenvalue weighted by Crippen LogP contribution is -1.79. The number of hydrogen-bond donors (Lipinski definition) is 0. The lowest BCUT2D eigenvalue weighted by molar-refractivity contribution is 1.51. The quantitative estimate of drug-likeness (QED) is 0.142. The fourth-order valence-corrected chi connectivity index (χ4v) is 35.1. The van der Waals surface area contributed by atoms with Gasteiger partial charge in [-0.25, -0.2) is 0 Å². The maximum Gasteiger partial charge on any atom is 0.0475 e. The summed E-state index contributed by atoms with van der Waals surface area (Å²) in [6.45, 7) is 49.3. The molecule has 16 aromatic heterocycles. The molecule has 0 amide bonds. The van der Waals surface area contributed by atoms with Crippen LogP contribution in [0.15, 0.2) is 109 Å². The molecule has 0 saturated carbocycles. The molecule has 0 aliphatic heterocycles. The van der Waals surface area contributed by atoms with Crippen LogP contribution in [0.1, 0.15) is 117 Å². The van der Waals surface area contributed by atoms with Gasteiger partial charge in [-0.05, 0) is 382 Å². The van der Waals surface area contributed by atoms with Crippen molar-refractivity contribution < 1.29 is 0 Å². The van der Waals surface area contributed by atoms with E-state index in [0.717, 1.165) is 0 Å². The van der Waals surface area contributed by atoms with Gasteiger partial charge in [0, 0.05) is 155 Å². The normalized spacial score (nSPS) is 11.9. The molecular formula is C94H84S16. The Labute approximate surface area is 710 Å². The molecule has 0 N–H and O–H groups in total. The summed E-state index contributed by atoms with van der Waals surface area (Å²) in [4.78, 5) is 33.9. The van der Waals surface area contributed by atoms with E-state index < -0.39 is 0 Å². The average Bonchev–Trinajstić information content (AvgIpc) is 1.60. The minimum Gasteiger partial charge on any atom is -0.139 e. The third-order valence-electron chi connectivity index (χ3n) is 21.1. The van der Waals surface area contributed by atoms with Gasteiger partial charge in [-0.15, -0.1) is 181 Å². The smallest absolute Gasteiger partial charge is 0.0475 e. The summed E-state index contributed by atoms with van der Waals surface area (Å²) in [6.07, 6.45) is 0. The Morgan fingerprint density at radius 1 is 0.145 bits per heavy atom. The summed E-state index contributed by atoms with van der Waals surface area (Å²) in [5.41, 5.74) is 19.8. The van der Waals surface area contributed by atoms with Crippen LogP contribution >= 0.6 is 181 Å². The Hall–Kier alpha value is -5.84. The Kier molecular flexibility index (Phi) is 20.8. The van der Waals surface area contributed by atoms with Crippen molar-refractivity contribution >= 4 is 262 Å². The predicted molar refractivity (Wildman–Crippen MR) is 520 cm³/mol. The molecule has 0 nitrogen and oxygen atoms in total. The zero-order valence-corrected chi connectivity index (χ0v) is 79.0. The molecule has 556 valence electrons. The van der Waals surface area contributed by atoms with Gasteiger partial charge in [-0.1, -0.05) is 0 Å². The van der Waals surface area contributed by atoms with Crippen LogP contribution in [-0.2, 0) is 0 Å². The first kappa shape index (κ1) is 76.8. The molecule has 0 spiro atoms. The van der Waals surface area contributed by atoms with E-state index in [4.69, 9.17) is 0 Å². The molecule has 110 heavy (non-hydrogen) atoms. The topological polar surface area (TPSA) is 0 Å². The van der Waals surface area contributed by atoms with E-state index in [1.54, 1.807) is 0 Å². The van der Waals surface area contributed by atoms with E-state index >= 15 is 0 Å². The number of benzene rings is 4.